The van der Waals surface area contributed by atoms with E-state index in [1.54, 1.807) is 0 Å². The SMILES string of the molecule is Cc1ccc(C)c(-n2cc(CN(C)CC3(CO)CC3)c(-c3ccccc3)n2)c1. The van der Waals surface area contributed by atoms with Crippen molar-refractivity contribution >= 4 is 0 Å². The lowest BCUT2D eigenvalue weighted by Gasteiger charge is -2.22. The fraction of sp³-hybridized carbons (Fsp3) is 0.375. The first-order valence-electron chi connectivity index (χ1n) is 10.0. The van der Waals surface area contributed by atoms with Gasteiger partial charge in [-0.15, -0.1) is 0 Å². The Morgan fingerprint density at radius 3 is 2.54 bits per heavy atom. The number of aliphatic hydroxyl groups is 1. The first kappa shape index (κ1) is 18.9. The molecule has 28 heavy (non-hydrogen) atoms. The van der Waals surface area contributed by atoms with Crippen molar-refractivity contribution in [1.29, 1.82) is 0 Å². The summed E-state index contributed by atoms with van der Waals surface area (Å²) in [6.45, 7) is 6.26. The highest BCUT2D eigenvalue weighted by Crippen LogP contribution is 2.45. The second-order valence-corrected chi connectivity index (χ2v) is 8.43. The first-order valence-corrected chi connectivity index (χ1v) is 10.0. The van der Waals surface area contributed by atoms with Gasteiger partial charge in [0.15, 0.2) is 0 Å². The van der Waals surface area contributed by atoms with Crippen LogP contribution < -0.4 is 0 Å². The highest BCUT2D eigenvalue weighted by atomic mass is 16.3. The van der Waals surface area contributed by atoms with E-state index in [0.717, 1.165) is 42.9 Å². The largest absolute Gasteiger partial charge is 0.396 e. The molecule has 1 heterocycles. The van der Waals surface area contributed by atoms with Gasteiger partial charge in [-0.1, -0.05) is 42.5 Å². The van der Waals surface area contributed by atoms with Gasteiger partial charge in [-0.25, -0.2) is 4.68 Å². The third-order valence-corrected chi connectivity index (χ3v) is 5.79. The zero-order valence-electron chi connectivity index (χ0n) is 17.0. The number of aryl methyl sites for hydroxylation is 2. The van der Waals surface area contributed by atoms with Crippen LogP contribution in [0.4, 0.5) is 0 Å². The predicted octanol–water partition coefficient (Wildman–Crippen LogP) is 4.36. The molecular formula is C24H29N3O. The Morgan fingerprint density at radius 1 is 1.11 bits per heavy atom. The van der Waals surface area contributed by atoms with E-state index in [1.807, 2.05) is 10.7 Å². The van der Waals surface area contributed by atoms with Crippen LogP contribution in [0.5, 0.6) is 0 Å². The minimum Gasteiger partial charge on any atom is -0.396 e. The van der Waals surface area contributed by atoms with Gasteiger partial charge in [0, 0.05) is 42.4 Å². The number of hydrogen-bond donors (Lipinski definition) is 1. The van der Waals surface area contributed by atoms with Gasteiger partial charge in [0.05, 0.1) is 11.4 Å². The van der Waals surface area contributed by atoms with Crippen molar-refractivity contribution in [2.45, 2.75) is 33.2 Å². The zero-order chi connectivity index (χ0) is 19.7. The summed E-state index contributed by atoms with van der Waals surface area (Å²) >= 11 is 0. The van der Waals surface area contributed by atoms with Crippen molar-refractivity contribution in [1.82, 2.24) is 14.7 Å². The first-order chi connectivity index (χ1) is 13.5. The molecule has 0 amide bonds. The van der Waals surface area contributed by atoms with Crippen LogP contribution >= 0.6 is 0 Å². The third-order valence-electron chi connectivity index (χ3n) is 5.79. The second-order valence-electron chi connectivity index (χ2n) is 8.43. The van der Waals surface area contributed by atoms with Crippen LogP contribution in [0.15, 0.2) is 54.7 Å². The normalized spacial score (nSPS) is 15.2. The minimum atomic E-state index is 0.116. The summed E-state index contributed by atoms with van der Waals surface area (Å²) < 4.78 is 2.02. The van der Waals surface area contributed by atoms with Crippen molar-refractivity contribution < 1.29 is 5.11 Å². The van der Waals surface area contributed by atoms with Crippen molar-refractivity contribution in [2.24, 2.45) is 5.41 Å². The van der Waals surface area contributed by atoms with E-state index in [-0.39, 0.29) is 12.0 Å². The van der Waals surface area contributed by atoms with Gasteiger partial charge in [-0.2, -0.15) is 5.10 Å². The Hall–Kier alpha value is -2.43. The van der Waals surface area contributed by atoms with E-state index in [0.29, 0.717) is 0 Å². The van der Waals surface area contributed by atoms with Gasteiger partial charge in [0.2, 0.25) is 0 Å². The molecule has 0 atom stereocenters. The smallest absolute Gasteiger partial charge is 0.0972 e. The summed E-state index contributed by atoms with van der Waals surface area (Å²) in [5, 5.41) is 14.6. The molecule has 0 spiro atoms. The number of aromatic nitrogens is 2. The lowest BCUT2D eigenvalue weighted by Crippen LogP contribution is -2.28. The average Bonchev–Trinajstić information content (AvgIpc) is 3.35. The molecule has 1 saturated carbocycles. The number of benzene rings is 2. The van der Waals surface area contributed by atoms with Crippen LogP contribution in [0.3, 0.4) is 0 Å². The molecule has 2 aromatic carbocycles. The third kappa shape index (κ3) is 3.89. The lowest BCUT2D eigenvalue weighted by molar-refractivity contribution is 0.161. The number of hydrogen-bond acceptors (Lipinski definition) is 3. The van der Waals surface area contributed by atoms with Crippen LogP contribution in [0.25, 0.3) is 16.9 Å². The summed E-state index contributed by atoms with van der Waals surface area (Å²) in [6, 6.07) is 16.9. The predicted molar refractivity (Wildman–Crippen MR) is 114 cm³/mol. The van der Waals surface area contributed by atoms with E-state index in [2.05, 4.69) is 74.5 Å². The summed E-state index contributed by atoms with van der Waals surface area (Å²) in [6.07, 6.45) is 4.42. The molecule has 0 saturated heterocycles. The highest BCUT2D eigenvalue weighted by molar-refractivity contribution is 5.63. The summed E-state index contributed by atoms with van der Waals surface area (Å²) in [7, 11) is 2.14. The molecule has 4 heteroatoms. The van der Waals surface area contributed by atoms with E-state index in [9.17, 15) is 5.11 Å². The summed E-state index contributed by atoms with van der Waals surface area (Å²) in [5.74, 6) is 0. The van der Waals surface area contributed by atoms with Crippen molar-refractivity contribution in [3.05, 3.63) is 71.4 Å². The van der Waals surface area contributed by atoms with Crippen LogP contribution in [0.2, 0.25) is 0 Å². The van der Waals surface area contributed by atoms with Gasteiger partial charge in [0.25, 0.3) is 0 Å². The van der Waals surface area contributed by atoms with Crippen molar-refractivity contribution in [3.63, 3.8) is 0 Å². The molecule has 0 radical (unpaired) electrons. The van der Waals surface area contributed by atoms with Gasteiger partial charge >= 0.3 is 0 Å². The molecule has 4 nitrogen and oxygen atoms in total. The summed E-state index contributed by atoms with van der Waals surface area (Å²) in [5.41, 5.74) is 7.06. The Bertz CT molecular complexity index is 957. The molecule has 1 fully saturated rings. The molecule has 0 unspecified atom stereocenters. The molecule has 1 aliphatic carbocycles. The molecule has 0 bridgehead atoms. The maximum absolute atomic E-state index is 9.67. The number of aliphatic hydroxyl groups excluding tert-OH is 1. The fourth-order valence-electron chi connectivity index (χ4n) is 3.92. The van der Waals surface area contributed by atoms with Crippen molar-refractivity contribution in [3.8, 4) is 16.9 Å². The average molecular weight is 376 g/mol. The van der Waals surface area contributed by atoms with E-state index >= 15 is 0 Å². The Kier molecular flexibility index (Phi) is 5.09. The topological polar surface area (TPSA) is 41.3 Å². The van der Waals surface area contributed by atoms with Crippen molar-refractivity contribution in [2.75, 3.05) is 20.2 Å². The molecule has 1 N–H and O–H groups in total. The zero-order valence-corrected chi connectivity index (χ0v) is 17.0. The Morgan fingerprint density at radius 2 is 1.86 bits per heavy atom. The maximum atomic E-state index is 9.67. The second kappa shape index (κ2) is 7.53. The minimum absolute atomic E-state index is 0.116. The van der Waals surface area contributed by atoms with Crippen LogP contribution in [0.1, 0.15) is 29.5 Å². The van der Waals surface area contributed by atoms with Crippen LogP contribution in [-0.2, 0) is 6.54 Å². The van der Waals surface area contributed by atoms with E-state index in [4.69, 9.17) is 5.10 Å². The van der Waals surface area contributed by atoms with Crippen LogP contribution in [-0.4, -0.2) is 40.0 Å². The molecule has 0 aliphatic heterocycles. The quantitative estimate of drug-likeness (QED) is 0.667. The van der Waals surface area contributed by atoms with Gasteiger partial charge in [-0.3, -0.25) is 0 Å². The lowest BCUT2D eigenvalue weighted by atomic mass is 10.1. The highest BCUT2D eigenvalue weighted by Gasteiger charge is 2.42. The van der Waals surface area contributed by atoms with Gasteiger partial charge in [-0.05, 0) is 50.9 Å². The standard InChI is InChI=1S/C24H29N3O/c1-18-9-10-19(2)22(13-18)27-15-21(14-26(3)16-24(17-28)11-12-24)23(25-27)20-7-5-4-6-8-20/h4-10,13,15,28H,11-12,14,16-17H2,1-3H3. The monoisotopic (exact) mass is 375 g/mol. The van der Waals surface area contributed by atoms with Crippen LogP contribution in [0, 0.1) is 19.3 Å². The number of rotatable bonds is 7. The maximum Gasteiger partial charge on any atom is 0.0972 e. The Balaban J connectivity index is 1.69. The van der Waals surface area contributed by atoms with E-state index < -0.39 is 0 Å². The summed E-state index contributed by atoms with van der Waals surface area (Å²) in [4.78, 5) is 2.32. The Labute approximate surface area is 167 Å². The molecule has 1 aliphatic rings. The molecule has 1 aromatic heterocycles. The van der Waals surface area contributed by atoms with Gasteiger partial charge < -0.3 is 10.0 Å². The van der Waals surface area contributed by atoms with E-state index in [1.165, 1.54) is 16.7 Å². The molecule has 3 aromatic rings. The molecular weight excluding hydrogens is 346 g/mol. The van der Waals surface area contributed by atoms with Gasteiger partial charge in [0.1, 0.15) is 0 Å². The fourth-order valence-corrected chi connectivity index (χ4v) is 3.92. The number of nitrogens with zero attached hydrogens (tertiary/aromatic N) is 3. The molecule has 146 valence electrons. The molecule has 4 rings (SSSR count).